The Morgan fingerprint density at radius 3 is 2.69 bits per heavy atom. The molecule has 7 nitrogen and oxygen atoms in total. The number of piperidine rings is 1. The molecule has 0 saturated carbocycles. The summed E-state index contributed by atoms with van der Waals surface area (Å²) in [7, 11) is 1.63. The lowest BCUT2D eigenvalue weighted by Gasteiger charge is -2.33. The van der Waals surface area contributed by atoms with Gasteiger partial charge in [-0.05, 0) is 25.0 Å². The highest BCUT2D eigenvalue weighted by molar-refractivity contribution is 6.36. The van der Waals surface area contributed by atoms with E-state index >= 15 is 0 Å². The average Bonchev–Trinajstić information content (AvgIpc) is 3.10. The Balaban J connectivity index is 1.53. The molecular formula is C18H18ClF3N6O. The summed E-state index contributed by atoms with van der Waals surface area (Å²) in [6, 6.07) is 3.73. The molecule has 1 fully saturated rings. The lowest BCUT2D eigenvalue weighted by molar-refractivity contribution is -0.128. The molecule has 3 aromatic rings. The molecule has 29 heavy (non-hydrogen) atoms. The summed E-state index contributed by atoms with van der Waals surface area (Å²) in [6.07, 6.45) is -0.719. The van der Waals surface area contributed by atoms with Gasteiger partial charge in [0.25, 0.3) is 0 Å². The van der Waals surface area contributed by atoms with Crippen molar-refractivity contribution in [1.29, 1.82) is 0 Å². The van der Waals surface area contributed by atoms with Crippen LogP contribution in [0.15, 0.2) is 24.5 Å². The van der Waals surface area contributed by atoms with Crippen LogP contribution in [0.5, 0.6) is 5.75 Å². The number of fused-ring (bicyclic) bond motifs is 1. The molecule has 1 saturated heterocycles. The van der Waals surface area contributed by atoms with E-state index in [-0.39, 0.29) is 22.4 Å². The van der Waals surface area contributed by atoms with Gasteiger partial charge in [-0.1, -0.05) is 11.6 Å². The first-order chi connectivity index (χ1) is 13.9. The van der Waals surface area contributed by atoms with Crippen molar-refractivity contribution in [1.82, 2.24) is 24.8 Å². The van der Waals surface area contributed by atoms with Crippen LogP contribution in [0, 0.1) is 0 Å². The Morgan fingerprint density at radius 2 is 2.00 bits per heavy atom. The van der Waals surface area contributed by atoms with Crippen LogP contribution in [0.1, 0.15) is 30.3 Å². The molecule has 154 valence electrons. The number of methoxy groups -OCH3 is 1. The monoisotopic (exact) mass is 426 g/mol. The van der Waals surface area contributed by atoms with Crippen molar-refractivity contribution >= 4 is 22.9 Å². The number of aromatic nitrogens is 5. The fourth-order valence-electron chi connectivity index (χ4n) is 3.64. The van der Waals surface area contributed by atoms with Crippen LogP contribution in [0.2, 0.25) is 5.02 Å². The van der Waals surface area contributed by atoms with Crippen LogP contribution < -0.4 is 9.64 Å². The zero-order valence-corrected chi connectivity index (χ0v) is 16.3. The molecule has 0 aromatic carbocycles. The SMILES string of the molecule is COc1cccnc1C1CCN(c2cnn3c(CC(F)(F)F)nnc3c2Cl)CC1. The van der Waals surface area contributed by atoms with Crippen molar-refractivity contribution in [3.63, 3.8) is 0 Å². The second-order valence-corrected chi connectivity index (χ2v) is 7.22. The quantitative estimate of drug-likeness (QED) is 0.634. The normalized spacial score (nSPS) is 15.8. The highest BCUT2D eigenvalue weighted by Gasteiger charge is 2.32. The van der Waals surface area contributed by atoms with Gasteiger partial charge in [0, 0.05) is 25.2 Å². The third-order valence-electron chi connectivity index (χ3n) is 5.02. The number of ether oxygens (including phenoxy) is 1. The molecule has 1 aliphatic rings. The van der Waals surface area contributed by atoms with E-state index < -0.39 is 12.6 Å². The number of nitrogens with zero attached hydrogens (tertiary/aromatic N) is 6. The molecular weight excluding hydrogens is 409 g/mol. The van der Waals surface area contributed by atoms with Gasteiger partial charge < -0.3 is 9.64 Å². The largest absolute Gasteiger partial charge is 0.495 e. The van der Waals surface area contributed by atoms with Crippen LogP contribution in [0.25, 0.3) is 5.65 Å². The van der Waals surface area contributed by atoms with Crippen LogP contribution >= 0.6 is 11.6 Å². The summed E-state index contributed by atoms with van der Waals surface area (Å²) >= 11 is 6.44. The molecule has 0 amide bonds. The van der Waals surface area contributed by atoms with Gasteiger partial charge in [0.05, 0.1) is 24.7 Å². The number of hydrogen-bond donors (Lipinski definition) is 0. The zero-order valence-electron chi connectivity index (χ0n) is 15.5. The third kappa shape index (κ3) is 3.93. The van der Waals surface area contributed by atoms with Gasteiger partial charge >= 0.3 is 6.18 Å². The number of rotatable bonds is 4. The number of alkyl halides is 3. The molecule has 1 aliphatic heterocycles. The highest BCUT2D eigenvalue weighted by Crippen LogP contribution is 2.36. The van der Waals surface area contributed by atoms with Gasteiger partial charge in [-0.25, -0.2) is 0 Å². The Kier molecular flexibility index (Phi) is 5.20. The highest BCUT2D eigenvalue weighted by atomic mass is 35.5. The molecule has 0 aliphatic carbocycles. The second kappa shape index (κ2) is 7.66. The molecule has 0 radical (unpaired) electrons. The number of pyridine rings is 1. The molecule has 3 aromatic heterocycles. The van der Waals surface area contributed by atoms with Gasteiger partial charge in [-0.15, -0.1) is 10.2 Å². The number of hydrogen-bond acceptors (Lipinski definition) is 6. The van der Waals surface area contributed by atoms with Gasteiger partial charge in [0.1, 0.15) is 17.2 Å². The minimum atomic E-state index is -4.40. The maximum Gasteiger partial charge on any atom is 0.396 e. The summed E-state index contributed by atoms with van der Waals surface area (Å²) in [5.74, 6) is 0.735. The molecule has 0 bridgehead atoms. The van der Waals surface area contributed by atoms with Crippen LogP contribution in [-0.2, 0) is 6.42 Å². The predicted octanol–water partition coefficient (Wildman–Crippen LogP) is 3.67. The molecule has 0 unspecified atom stereocenters. The van der Waals surface area contributed by atoms with Crippen molar-refractivity contribution in [2.75, 3.05) is 25.1 Å². The summed E-state index contributed by atoms with van der Waals surface area (Å²) < 4.78 is 44.5. The van der Waals surface area contributed by atoms with E-state index in [1.807, 2.05) is 12.1 Å². The van der Waals surface area contributed by atoms with Crippen molar-refractivity contribution in [2.24, 2.45) is 0 Å². The first-order valence-electron chi connectivity index (χ1n) is 9.07. The van der Waals surface area contributed by atoms with Crippen LogP contribution in [-0.4, -0.2) is 51.2 Å². The van der Waals surface area contributed by atoms with E-state index in [0.29, 0.717) is 18.8 Å². The Hall–Kier alpha value is -2.62. The topological polar surface area (TPSA) is 68.4 Å². The minimum Gasteiger partial charge on any atom is -0.495 e. The Bertz CT molecular complexity index is 1020. The molecule has 0 N–H and O–H groups in total. The van der Waals surface area contributed by atoms with E-state index in [1.54, 1.807) is 13.3 Å². The van der Waals surface area contributed by atoms with Crippen molar-refractivity contribution < 1.29 is 17.9 Å². The van der Waals surface area contributed by atoms with E-state index in [9.17, 15) is 13.2 Å². The standard InChI is InChI=1S/C18H18ClF3N6O/c1-29-13-3-2-6-23-16(13)11-4-7-27(8-5-11)12-10-24-28-14(9-18(20,21)22)25-26-17(28)15(12)19/h2-3,6,10-11H,4-5,7-9H2,1H3. The first-order valence-corrected chi connectivity index (χ1v) is 9.44. The van der Waals surface area contributed by atoms with Gasteiger partial charge in [0.15, 0.2) is 11.5 Å². The van der Waals surface area contributed by atoms with E-state index in [2.05, 4.69) is 25.2 Å². The Morgan fingerprint density at radius 1 is 1.24 bits per heavy atom. The molecule has 0 atom stereocenters. The maximum absolute atomic E-state index is 12.7. The lowest BCUT2D eigenvalue weighted by Crippen LogP contribution is -2.33. The second-order valence-electron chi connectivity index (χ2n) is 6.84. The van der Waals surface area contributed by atoms with Gasteiger partial charge in [-0.2, -0.15) is 22.8 Å². The van der Waals surface area contributed by atoms with Gasteiger partial charge in [-0.3, -0.25) is 4.98 Å². The van der Waals surface area contributed by atoms with E-state index in [4.69, 9.17) is 16.3 Å². The third-order valence-corrected chi connectivity index (χ3v) is 5.39. The summed E-state index contributed by atoms with van der Waals surface area (Å²) in [5, 5.41) is 11.8. The number of anilines is 1. The summed E-state index contributed by atoms with van der Waals surface area (Å²) in [5.41, 5.74) is 1.69. The fourth-order valence-corrected chi connectivity index (χ4v) is 3.93. The Labute approximate surface area is 169 Å². The van der Waals surface area contributed by atoms with E-state index in [0.717, 1.165) is 28.8 Å². The van der Waals surface area contributed by atoms with Gasteiger partial charge in [0.2, 0.25) is 0 Å². The van der Waals surface area contributed by atoms with Crippen molar-refractivity contribution in [3.05, 3.63) is 41.1 Å². The maximum atomic E-state index is 12.7. The van der Waals surface area contributed by atoms with Crippen LogP contribution in [0.3, 0.4) is 0 Å². The van der Waals surface area contributed by atoms with Crippen molar-refractivity contribution in [2.45, 2.75) is 31.4 Å². The number of halogens is 4. The average molecular weight is 427 g/mol. The molecule has 11 heteroatoms. The zero-order chi connectivity index (χ0) is 20.6. The van der Waals surface area contributed by atoms with E-state index in [1.165, 1.54) is 6.20 Å². The minimum absolute atomic E-state index is 0.122. The molecule has 4 heterocycles. The smallest absolute Gasteiger partial charge is 0.396 e. The van der Waals surface area contributed by atoms with Crippen LogP contribution in [0.4, 0.5) is 18.9 Å². The summed E-state index contributed by atoms with van der Waals surface area (Å²) in [6.45, 7) is 1.40. The fraction of sp³-hybridized carbons (Fsp3) is 0.444. The first kappa shape index (κ1) is 19.7. The summed E-state index contributed by atoms with van der Waals surface area (Å²) in [4.78, 5) is 6.52. The predicted molar refractivity (Wildman–Crippen MR) is 101 cm³/mol. The lowest BCUT2D eigenvalue weighted by atomic mass is 9.92. The molecule has 4 rings (SSSR count). The van der Waals surface area contributed by atoms with Crippen molar-refractivity contribution in [3.8, 4) is 5.75 Å². The molecule has 0 spiro atoms.